The van der Waals surface area contributed by atoms with Gasteiger partial charge in [-0.1, -0.05) is 37.1 Å². The largest absolute Gasteiger partial charge is 0.497 e. The SMILES string of the molecule is COc1ccc(C2CCCCCN2C(=O)Cn2[nH]c(=O)c3ccccc3c2=O)cc1. The van der Waals surface area contributed by atoms with Crippen LogP contribution in [0.3, 0.4) is 0 Å². The fourth-order valence-corrected chi connectivity index (χ4v) is 4.16. The molecule has 0 aliphatic carbocycles. The quantitative estimate of drug-likeness (QED) is 0.721. The molecule has 1 amide bonds. The zero-order chi connectivity index (χ0) is 21.1. The van der Waals surface area contributed by atoms with Crippen molar-refractivity contribution in [2.75, 3.05) is 13.7 Å². The summed E-state index contributed by atoms with van der Waals surface area (Å²) in [6, 6.07) is 14.3. The Labute approximate surface area is 173 Å². The van der Waals surface area contributed by atoms with Gasteiger partial charge in [0.25, 0.3) is 11.1 Å². The Bertz CT molecular complexity index is 1160. The van der Waals surface area contributed by atoms with E-state index in [0.29, 0.717) is 17.3 Å². The summed E-state index contributed by atoms with van der Waals surface area (Å²) in [6.07, 6.45) is 3.87. The molecule has 1 aromatic heterocycles. The summed E-state index contributed by atoms with van der Waals surface area (Å²) in [6.45, 7) is 0.438. The van der Waals surface area contributed by atoms with Gasteiger partial charge in [-0.3, -0.25) is 19.5 Å². The molecule has 1 unspecified atom stereocenters. The van der Waals surface area contributed by atoms with Crippen LogP contribution in [-0.2, 0) is 11.3 Å². The fourth-order valence-electron chi connectivity index (χ4n) is 4.16. The monoisotopic (exact) mass is 407 g/mol. The summed E-state index contributed by atoms with van der Waals surface area (Å²) in [4.78, 5) is 40.2. The van der Waals surface area contributed by atoms with Crippen LogP contribution < -0.4 is 15.9 Å². The lowest BCUT2D eigenvalue weighted by Crippen LogP contribution is -2.41. The van der Waals surface area contributed by atoms with Gasteiger partial charge in [0, 0.05) is 6.54 Å². The molecule has 156 valence electrons. The molecule has 0 radical (unpaired) electrons. The Morgan fingerprint density at radius 1 is 1.03 bits per heavy atom. The van der Waals surface area contributed by atoms with Crippen molar-refractivity contribution < 1.29 is 9.53 Å². The number of fused-ring (bicyclic) bond motifs is 1. The van der Waals surface area contributed by atoms with Crippen molar-refractivity contribution >= 4 is 16.7 Å². The molecule has 2 aromatic carbocycles. The lowest BCUT2D eigenvalue weighted by Gasteiger charge is -2.31. The molecule has 0 spiro atoms. The number of aromatic nitrogens is 2. The number of benzene rings is 2. The van der Waals surface area contributed by atoms with Gasteiger partial charge in [0.2, 0.25) is 5.91 Å². The first kappa shape index (κ1) is 19.9. The van der Waals surface area contributed by atoms with Gasteiger partial charge in [-0.05, 0) is 42.7 Å². The van der Waals surface area contributed by atoms with Crippen LogP contribution in [-0.4, -0.2) is 34.2 Å². The maximum Gasteiger partial charge on any atom is 0.273 e. The third-order valence-electron chi connectivity index (χ3n) is 5.75. The number of amides is 1. The molecule has 7 heteroatoms. The Kier molecular flexibility index (Phi) is 5.70. The normalized spacial score (nSPS) is 17.0. The van der Waals surface area contributed by atoms with Crippen molar-refractivity contribution in [3.63, 3.8) is 0 Å². The van der Waals surface area contributed by atoms with Gasteiger partial charge in [0.05, 0.1) is 23.9 Å². The van der Waals surface area contributed by atoms with Crippen molar-refractivity contribution in [1.82, 2.24) is 14.7 Å². The first-order valence-corrected chi connectivity index (χ1v) is 10.2. The number of methoxy groups -OCH3 is 1. The number of aromatic amines is 1. The molecule has 1 aliphatic rings. The minimum Gasteiger partial charge on any atom is -0.497 e. The molecule has 0 saturated carbocycles. The standard InChI is InChI=1S/C23H25N3O4/c1-30-17-12-10-16(11-13-17)20-9-3-2-6-14-25(20)21(27)15-26-23(29)19-8-5-4-7-18(19)22(28)24-26/h4-5,7-8,10-13,20H,2-3,6,9,14-15H2,1H3,(H,24,28). The fraction of sp³-hybridized carbons (Fsp3) is 0.348. The summed E-state index contributed by atoms with van der Waals surface area (Å²) < 4.78 is 6.37. The predicted octanol–water partition coefficient (Wildman–Crippen LogP) is 2.84. The van der Waals surface area contributed by atoms with Crippen molar-refractivity contribution in [2.24, 2.45) is 0 Å². The average Bonchev–Trinajstić information content (AvgIpc) is 3.03. The number of H-pyrrole nitrogens is 1. The summed E-state index contributed by atoms with van der Waals surface area (Å²) in [5.74, 6) is 0.594. The summed E-state index contributed by atoms with van der Waals surface area (Å²) in [7, 11) is 1.62. The van der Waals surface area contributed by atoms with Crippen molar-refractivity contribution in [3.8, 4) is 5.75 Å². The Balaban J connectivity index is 1.65. The lowest BCUT2D eigenvalue weighted by atomic mass is 10.0. The molecule has 1 atom stereocenters. The molecule has 3 aromatic rings. The number of likely N-dealkylation sites (tertiary alicyclic amines) is 1. The molecule has 1 saturated heterocycles. The van der Waals surface area contributed by atoms with Gasteiger partial charge in [0.15, 0.2) is 0 Å². The van der Waals surface area contributed by atoms with E-state index in [4.69, 9.17) is 4.74 Å². The van der Waals surface area contributed by atoms with Crippen LogP contribution in [0, 0.1) is 0 Å². The third-order valence-corrected chi connectivity index (χ3v) is 5.75. The molecule has 7 nitrogen and oxygen atoms in total. The summed E-state index contributed by atoms with van der Waals surface area (Å²) in [5.41, 5.74) is 0.306. The molecule has 4 rings (SSSR count). The number of hydrogen-bond donors (Lipinski definition) is 1. The summed E-state index contributed by atoms with van der Waals surface area (Å²) in [5, 5.41) is 3.21. The number of nitrogens with one attached hydrogen (secondary N) is 1. The van der Waals surface area contributed by atoms with E-state index < -0.39 is 0 Å². The van der Waals surface area contributed by atoms with Crippen LogP contribution in [0.15, 0.2) is 58.1 Å². The molecule has 1 aliphatic heterocycles. The Morgan fingerprint density at radius 2 is 1.77 bits per heavy atom. The van der Waals surface area contributed by atoms with Gasteiger partial charge >= 0.3 is 0 Å². The second-order valence-corrected chi connectivity index (χ2v) is 7.60. The van der Waals surface area contributed by atoms with Gasteiger partial charge in [0.1, 0.15) is 12.3 Å². The number of nitrogens with zero attached hydrogens (tertiary/aromatic N) is 2. The maximum atomic E-state index is 13.2. The number of carbonyl (C=O) groups is 1. The lowest BCUT2D eigenvalue weighted by molar-refractivity contribution is -0.134. The minimum absolute atomic E-state index is 0.0613. The number of carbonyl (C=O) groups excluding carboxylic acids is 1. The predicted molar refractivity (Wildman–Crippen MR) is 115 cm³/mol. The average molecular weight is 407 g/mol. The number of rotatable bonds is 4. The number of hydrogen-bond acceptors (Lipinski definition) is 4. The van der Waals surface area contributed by atoms with Crippen LogP contribution >= 0.6 is 0 Å². The minimum atomic E-state index is -0.374. The highest BCUT2D eigenvalue weighted by Gasteiger charge is 2.27. The van der Waals surface area contributed by atoms with E-state index in [1.165, 1.54) is 0 Å². The molecule has 2 heterocycles. The highest BCUT2D eigenvalue weighted by Crippen LogP contribution is 2.31. The molecule has 30 heavy (non-hydrogen) atoms. The first-order chi connectivity index (χ1) is 14.6. The molecule has 1 N–H and O–H groups in total. The highest BCUT2D eigenvalue weighted by atomic mass is 16.5. The van der Waals surface area contributed by atoms with E-state index in [1.54, 1.807) is 31.4 Å². The highest BCUT2D eigenvalue weighted by molar-refractivity contribution is 5.81. The molecule has 0 bridgehead atoms. The number of ether oxygens (including phenoxy) is 1. The second kappa shape index (κ2) is 8.57. The van der Waals surface area contributed by atoms with Crippen molar-refractivity contribution in [3.05, 3.63) is 74.8 Å². The molecular weight excluding hydrogens is 382 g/mol. The zero-order valence-electron chi connectivity index (χ0n) is 17.0. The third kappa shape index (κ3) is 3.87. The Morgan fingerprint density at radius 3 is 2.50 bits per heavy atom. The molecular formula is C23H25N3O4. The second-order valence-electron chi connectivity index (χ2n) is 7.60. The van der Waals surface area contributed by atoms with E-state index in [-0.39, 0.29) is 29.6 Å². The smallest absolute Gasteiger partial charge is 0.273 e. The topological polar surface area (TPSA) is 84.4 Å². The van der Waals surface area contributed by atoms with Gasteiger partial charge in [-0.15, -0.1) is 0 Å². The van der Waals surface area contributed by atoms with Gasteiger partial charge < -0.3 is 9.64 Å². The van der Waals surface area contributed by atoms with Gasteiger partial charge in [-0.25, -0.2) is 4.68 Å². The van der Waals surface area contributed by atoms with Gasteiger partial charge in [-0.2, -0.15) is 0 Å². The maximum absolute atomic E-state index is 13.2. The van der Waals surface area contributed by atoms with Crippen LogP contribution in [0.25, 0.3) is 10.8 Å². The van der Waals surface area contributed by atoms with Crippen LogP contribution in [0.5, 0.6) is 5.75 Å². The van der Waals surface area contributed by atoms with Crippen LogP contribution in [0.2, 0.25) is 0 Å². The van der Waals surface area contributed by atoms with Crippen LogP contribution in [0.4, 0.5) is 0 Å². The van der Waals surface area contributed by atoms with E-state index in [0.717, 1.165) is 41.7 Å². The van der Waals surface area contributed by atoms with E-state index in [9.17, 15) is 14.4 Å². The molecule has 1 fully saturated rings. The first-order valence-electron chi connectivity index (χ1n) is 10.2. The zero-order valence-corrected chi connectivity index (χ0v) is 17.0. The van der Waals surface area contributed by atoms with E-state index >= 15 is 0 Å². The van der Waals surface area contributed by atoms with E-state index in [1.807, 2.05) is 29.2 Å². The van der Waals surface area contributed by atoms with Crippen LogP contribution in [0.1, 0.15) is 37.3 Å². The van der Waals surface area contributed by atoms with Crippen molar-refractivity contribution in [1.29, 1.82) is 0 Å². The summed E-state index contributed by atoms with van der Waals surface area (Å²) >= 11 is 0. The van der Waals surface area contributed by atoms with E-state index in [2.05, 4.69) is 5.10 Å². The van der Waals surface area contributed by atoms with Crippen molar-refractivity contribution in [2.45, 2.75) is 38.3 Å². The Hall–Kier alpha value is -3.35.